The fourth-order valence-electron chi connectivity index (χ4n) is 4.23. The lowest BCUT2D eigenvalue weighted by Crippen LogP contribution is -2.31. The van der Waals surface area contributed by atoms with Crippen molar-refractivity contribution in [3.05, 3.63) is 0 Å². The van der Waals surface area contributed by atoms with Gasteiger partial charge in [0.25, 0.3) is 0 Å². The minimum atomic E-state index is -0.788. The van der Waals surface area contributed by atoms with Crippen molar-refractivity contribution in [1.29, 1.82) is 10.5 Å². The molecular formula is C26H48N4. The van der Waals surface area contributed by atoms with Crippen LogP contribution in [0.25, 0.3) is 0 Å². The zero-order valence-corrected chi connectivity index (χ0v) is 20.8. The van der Waals surface area contributed by atoms with Gasteiger partial charge in [-0.2, -0.15) is 20.8 Å². The van der Waals surface area contributed by atoms with E-state index in [1.807, 2.05) is 0 Å². The molecule has 0 aliphatic heterocycles. The lowest BCUT2D eigenvalue weighted by atomic mass is 9.82. The Morgan fingerprint density at radius 3 is 1.23 bits per heavy atom. The number of hydrogen-bond acceptors (Lipinski definition) is 4. The fourth-order valence-corrected chi connectivity index (χ4v) is 4.23. The van der Waals surface area contributed by atoms with Gasteiger partial charge >= 0.3 is 0 Å². The summed E-state index contributed by atoms with van der Waals surface area (Å²) in [5, 5.41) is 29.7. The molecule has 4 heteroatoms. The van der Waals surface area contributed by atoms with Crippen molar-refractivity contribution in [2.45, 2.75) is 143 Å². The van der Waals surface area contributed by atoms with Crippen molar-refractivity contribution in [2.75, 3.05) is 0 Å². The molecule has 0 saturated heterocycles. The van der Waals surface area contributed by atoms with Crippen LogP contribution < -0.4 is 0 Å². The van der Waals surface area contributed by atoms with Gasteiger partial charge in [0, 0.05) is 0 Å². The largest absolute Gasteiger partial charge is 0.196 e. The molecule has 0 bridgehead atoms. The van der Waals surface area contributed by atoms with E-state index in [2.05, 4.69) is 53.7 Å². The van der Waals surface area contributed by atoms with Crippen LogP contribution in [0.5, 0.6) is 0 Å². The number of unbranched alkanes of at least 4 members (excludes halogenated alkanes) is 4. The van der Waals surface area contributed by atoms with E-state index in [9.17, 15) is 10.5 Å². The number of rotatable bonds is 18. The average molecular weight is 417 g/mol. The molecule has 0 aliphatic rings. The highest BCUT2D eigenvalue weighted by molar-refractivity contribution is 5.11. The van der Waals surface area contributed by atoms with Gasteiger partial charge in [0.15, 0.2) is 11.1 Å². The van der Waals surface area contributed by atoms with Gasteiger partial charge in [-0.05, 0) is 37.5 Å². The van der Waals surface area contributed by atoms with E-state index in [-0.39, 0.29) is 0 Å². The lowest BCUT2D eigenvalue weighted by molar-refractivity contribution is 0.301. The molecule has 0 saturated carbocycles. The Morgan fingerprint density at radius 2 is 0.967 bits per heavy atom. The third-order valence-corrected chi connectivity index (χ3v) is 6.21. The summed E-state index contributed by atoms with van der Waals surface area (Å²) in [5.74, 6) is 0.882. The summed E-state index contributed by atoms with van der Waals surface area (Å²) in [6.45, 7) is 13.2. The quantitative estimate of drug-likeness (QED) is 0.209. The van der Waals surface area contributed by atoms with Crippen molar-refractivity contribution >= 4 is 0 Å². The molecular weight excluding hydrogens is 368 g/mol. The Hall–Kier alpha value is -1.42. The van der Waals surface area contributed by atoms with Crippen LogP contribution in [0.4, 0.5) is 0 Å². The molecule has 4 nitrogen and oxygen atoms in total. The Bertz CT molecular complexity index is 496. The third kappa shape index (κ3) is 11.1. The molecule has 0 amide bonds. The summed E-state index contributed by atoms with van der Waals surface area (Å²) in [7, 11) is 0. The number of azo groups is 1. The molecule has 0 spiro atoms. The van der Waals surface area contributed by atoms with Gasteiger partial charge < -0.3 is 0 Å². The van der Waals surface area contributed by atoms with E-state index in [0.29, 0.717) is 11.8 Å². The minimum absolute atomic E-state index is 0.441. The second-order valence-electron chi connectivity index (χ2n) is 9.60. The Morgan fingerprint density at radius 1 is 0.633 bits per heavy atom. The average Bonchev–Trinajstić information content (AvgIpc) is 2.76. The third-order valence-electron chi connectivity index (χ3n) is 6.21. The van der Waals surface area contributed by atoms with Gasteiger partial charge in [-0.1, -0.05) is 106 Å². The van der Waals surface area contributed by atoms with Gasteiger partial charge in [-0.15, -0.1) is 0 Å². The smallest absolute Gasteiger partial charge is 0.167 e. The maximum atomic E-state index is 10.1. The van der Waals surface area contributed by atoms with Crippen molar-refractivity contribution in [2.24, 2.45) is 22.1 Å². The molecule has 172 valence electrons. The molecule has 30 heavy (non-hydrogen) atoms. The van der Waals surface area contributed by atoms with E-state index >= 15 is 0 Å². The normalized spacial score (nSPS) is 17.6. The van der Waals surface area contributed by atoms with Crippen LogP contribution >= 0.6 is 0 Å². The summed E-state index contributed by atoms with van der Waals surface area (Å²) in [5.41, 5.74) is -1.58. The molecule has 0 aromatic heterocycles. The van der Waals surface area contributed by atoms with Crippen LogP contribution in [0.3, 0.4) is 0 Å². The zero-order valence-electron chi connectivity index (χ0n) is 20.8. The van der Waals surface area contributed by atoms with Crippen molar-refractivity contribution in [1.82, 2.24) is 0 Å². The maximum Gasteiger partial charge on any atom is 0.167 e. The second-order valence-corrected chi connectivity index (χ2v) is 9.60. The minimum Gasteiger partial charge on any atom is -0.196 e. The van der Waals surface area contributed by atoms with Crippen LogP contribution in [0.2, 0.25) is 0 Å². The predicted octanol–water partition coefficient (Wildman–Crippen LogP) is 8.78. The van der Waals surface area contributed by atoms with E-state index in [0.717, 1.165) is 64.2 Å². The Labute approximate surface area is 187 Å². The predicted molar refractivity (Wildman–Crippen MR) is 127 cm³/mol. The fraction of sp³-hybridized carbons (Fsp3) is 0.923. The molecule has 4 unspecified atom stereocenters. The number of hydrogen-bond donors (Lipinski definition) is 0. The molecule has 0 rings (SSSR count). The molecule has 0 radical (unpaired) electrons. The highest BCUT2D eigenvalue weighted by Crippen LogP contribution is 2.34. The molecule has 0 aromatic rings. The molecule has 0 aliphatic carbocycles. The van der Waals surface area contributed by atoms with E-state index in [1.54, 1.807) is 0 Å². The van der Waals surface area contributed by atoms with Crippen LogP contribution in [0, 0.1) is 34.5 Å². The van der Waals surface area contributed by atoms with Crippen molar-refractivity contribution in [3.63, 3.8) is 0 Å². The number of nitrogens with zero attached hydrogens (tertiary/aromatic N) is 4. The van der Waals surface area contributed by atoms with E-state index in [1.165, 1.54) is 25.7 Å². The van der Waals surface area contributed by atoms with Crippen molar-refractivity contribution in [3.8, 4) is 12.1 Å². The zero-order chi connectivity index (χ0) is 22.9. The van der Waals surface area contributed by atoms with Gasteiger partial charge in [0.2, 0.25) is 0 Å². The summed E-state index contributed by atoms with van der Waals surface area (Å²) < 4.78 is 0. The van der Waals surface area contributed by atoms with Gasteiger partial charge in [0.1, 0.15) is 0 Å². The Kier molecular flexibility index (Phi) is 15.5. The van der Waals surface area contributed by atoms with Crippen LogP contribution in [0.1, 0.15) is 131 Å². The molecule has 0 heterocycles. The lowest BCUT2D eigenvalue weighted by Gasteiger charge is -2.29. The number of nitriles is 2. The topological polar surface area (TPSA) is 72.3 Å². The van der Waals surface area contributed by atoms with Crippen LogP contribution in [0.15, 0.2) is 10.2 Å². The Balaban J connectivity index is 5.74. The van der Waals surface area contributed by atoms with E-state index < -0.39 is 11.1 Å². The first kappa shape index (κ1) is 28.6. The molecule has 0 fully saturated rings. The summed E-state index contributed by atoms with van der Waals surface area (Å²) in [4.78, 5) is 0. The van der Waals surface area contributed by atoms with Gasteiger partial charge in [0.05, 0.1) is 12.1 Å². The molecule has 0 aromatic carbocycles. The maximum absolute atomic E-state index is 10.1. The van der Waals surface area contributed by atoms with Crippen LogP contribution in [-0.2, 0) is 0 Å². The summed E-state index contributed by atoms with van der Waals surface area (Å²) in [6.07, 6.45) is 13.9. The highest BCUT2D eigenvalue weighted by atomic mass is 15.2. The molecule has 0 N–H and O–H groups in total. The first-order valence-corrected chi connectivity index (χ1v) is 12.6. The van der Waals surface area contributed by atoms with Crippen molar-refractivity contribution < 1.29 is 0 Å². The molecule has 4 atom stereocenters. The van der Waals surface area contributed by atoms with Crippen LogP contribution in [-0.4, -0.2) is 11.1 Å². The van der Waals surface area contributed by atoms with E-state index in [4.69, 9.17) is 10.2 Å². The summed E-state index contributed by atoms with van der Waals surface area (Å²) >= 11 is 0. The van der Waals surface area contributed by atoms with Gasteiger partial charge in [-0.3, -0.25) is 0 Å². The SMILES string of the molecule is CCCCC(C)CC(C#N)(CCCC)/N=N/C(C#N)(CCCC)CC(C)CCCC. The highest BCUT2D eigenvalue weighted by Gasteiger charge is 2.36. The monoisotopic (exact) mass is 416 g/mol. The first-order valence-electron chi connectivity index (χ1n) is 12.6. The standard InChI is InChI=1S/C26H48N4/c1-7-11-15-23(5)19-25(21-27,17-13-9-3)29-30-26(22-28,18-14-10-4)20-24(6)16-12-8-2/h23-24H,7-20H2,1-6H3/b30-29+. The second kappa shape index (κ2) is 16.3. The van der Waals surface area contributed by atoms with Gasteiger partial charge in [-0.25, -0.2) is 0 Å². The summed E-state index contributed by atoms with van der Waals surface area (Å²) in [6, 6.07) is 5.06. The first-order chi connectivity index (χ1) is 14.4.